The van der Waals surface area contributed by atoms with Crippen LogP contribution in [0.1, 0.15) is 83.5 Å². The maximum absolute atomic E-state index is 13.7. The lowest BCUT2D eigenvalue weighted by atomic mass is 9.71. The van der Waals surface area contributed by atoms with Crippen LogP contribution in [0.2, 0.25) is 0 Å². The van der Waals surface area contributed by atoms with Crippen LogP contribution in [0.15, 0.2) is 0 Å². The minimum Gasteiger partial charge on any atom is -0.305 e. The van der Waals surface area contributed by atoms with E-state index in [9.17, 15) is 4.57 Å². The normalized spacial score (nSPS) is 46.7. The molecule has 126 valence electrons. The summed E-state index contributed by atoms with van der Waals surface area (Å²) in [7, 11) is -2.90. The molecule has 4 rings (SSSR count). The summed E-state index contributed by atoms with van der Waals surface area (Å²) >= 11 is 0. The van der Waals surface area contributed by atoms with E-state index in [2.05, 4.69) is 0 Å². The Bertz CT molecular complexity index is 426. The first-order chi connectivity index (χ1) is 10.8. The van der Waals surface area contributed by atoms with E-state index >= 15 is 0 Å². The molecule has 4 heteroatoms. The molecule has 1 aliphatic heterocycles. The first kappa shape index (κ1) is 15.7. The Morgan fingerprint density at radius 1 is 0.727 bits per heavy atom. The van der Waals surface area contributed by atoms with Gasteiger partial charge in [0.2, 0.25) is 0 Å². The van der Waals surface area contributed by atoms with Gasteiger partial charge in [-0.25, -0.2) is 0 Å². The molecule has 3 aliphatic carbocycles. The molecule has 3 saturated carbocycles. The number of hydrogen-bond acceptors (Lipinski definition) is 3. The predicted octanol–water partition coefficient (Wildman–Crippen LogP) is 5.68. The standard InChI is InChI=1S/C18H31O3P/c19-22(20-14-8-2-1-3-9-14)18-13-7-5-11-16(18)15-10-4-6-12-17(15)21-22/h14-18H,1-13H2. The fourth-order valence-electron chi connectivity index (χ4n) is 5.53. The van der Waals surface area contributed by atoms with Gasteiger partial charge < -0.3 is 9.05 Å². The fraction of sp³-hybridized carbons (Fsp3) is 1.00. The Labute approximate surface area is 135 Å². The molecule has 0 aromatic rings. The first-order valence-electron chi connectivity index (χ1n) is 9.73. The van der Waals surface area contributed by atoms with Crippen LogP contribution in [-0.4, -0.2) is 17.9 Å². The van der Waals surface area contributed by atoms with Crippen molar-refractivity contribution in [3.8, 4) is 0 Å². The van der Waals surface area contributed by atoms with Gasteiger partial charge in [-0.15, -0.1) is 0 Å². The zero-order valence-electron chi connectivity index (χ0n) is 13.8. The third kappa shape index (κ3) is 2.94. The van der Waals surface area contributed by atoms with Gasteiger partial charge in [-0.1, -0.05) is 44.9 Å². The minimum absolute atomic E-state index is 0.197. The summed E-state index contributed by atoms with van der Waals surface area (Å²) in [5.74, 6) is 1.28. The second-order valence-electron chi connectivity index (χ2n) is 8.01. The summed E-state index contributed by atoms with van der Waals surface area (Å²) in [4.78, 5) is 0. The molecule has 4 aliphatic rings. The van der Waals surface area contributed by atoms with Gasteiger partial charge in [0, 0.05) is 0 Å². The lowest BCUT2D eigenvalue weighted by Gasteiger charge is -2.50. The number of fused-ring (bicyclic) bond motifs is 3. The Morgan fingerprint density at radius 2 is 1.36 bits per heavy atom. The van der Waals surface area contributed by atoms with Crippen molar-refractivity contribution >= 4 is 7.60 Å². The van der Waals surface area contributed by atoms with Gasteiger partial charge >= 0.3 is 7.60 Å². The van der Waals surface area contributed by atoms with Crippen molar-refractivity contribution in [1.29, 1.82) is 0 Å². The third-order valence-corrected chi connectivity index (χ3v) is 9.23. The van der Waals surface area contributed by atoms with Gasteiger partial charge in [0.25, 0.3) is 0 Å². The minimum atomic E-state index is -2.90. The summed E-state index contributed by atoms with van der Waals surface area (Å²) < 4.78 is 26.2. The zero-order chi connectivity index (χ0) is 15.0. The highest BCUT2D eigenvalue weighted by Gasteiger charge is 2.54. The first-order valence-corrected chi connectivity index (χ1v) is 11.3. The summed E-state index contributed by atoms with van der Waals surface area (Å²) in [5, 5.41) is 0. The molecule has 5 unspecified atom stereocenters. The lowest BCUT2D eigenvalue weighted by molar-refractivity contribution is -0.0156. The Kier molecular flexibility index (Phi) is 4.68. The van der Waals surface area contributed by atoms with Crippen LogP contribution in [0.3, 0.4) is 0 Å². The lowest BCUT2D eigenvalue weighted by Crippen LogP contribution is -2.46. The molecule has 4 fully saturated rings. The van der Waals surface area contributed by atoms with E-state index in [-0.39, 0.29) is 17.9 Å². The number of hydrogen-bond donors (Lipinski definition) is 0. The summed E-state index contributed by atoms with van der Waals surface area (Å²) in [6, 6.07) is 0. The molecule has 0 radical (unpaired) electrons. The summed E-state index contributed by atoms with van der Waals surface area (Å²) in [6.07, 6.45) is 16.2. The molecule has 0 aromatic carbocycles. The van der Waals surface area contributed by atoms with Crippen molar-refractivity contribution in [3.63, 3.8) is 0 Å². The largest absolute Gasteiger partial charge is 0.334 e. The molecule has 0 N–H and O–H groups in total. The molecule has 3 nitrogen and oxygen atoms in total. The Morgan fingerprint density at radius 3 is 2.18 bits per heavy atom. The quantitative estimate of drug-likeness (QED) is 0.613. The van der Waals surface area contributed by atoms with E-state index in [1.807, 2.05) is 0 Å². The van der Waals surface area contributed by atoms with Crippen LogP contribution in [0.25, 0.3) is 0 Å². The smallest absolute Gasteiger partial charge is 0.305 e. The highest BCUT2D eigenvalue weighted by atomic mass is 31.2. The highest BCUT2D eigenvalue weighted by Crippen LogP contribution is 2.67. The summed E-state index contributed by atoms with van der Waals surface area (Å²) in [6.45, 7) is 0. The molecular weight excluding hydrogens is 295 g/mol. The number of rotatable bonds is 2. The van der Waals surface area contributed by atoms with Gasteiger partial charge in [-0.3, -0.25) is 4.57 Å². The molecule has 5 atom stereocenters. The molecule has 1 saturated heterocycles. The maximum Gasteiger partial charge on any atom is 0.334 e. The van der Waals surface area contributed by atoms with Crippen molar-refractivity contribution in [2.75, 3.05) is 0 Å². The Balaban J connectivity index is 1.55. The topological polar surface area (TPSA) is 35.5 Å². The second-order valence-corrected chi connectivity index (χ2v) is 10.2. The van der Waals surface area contributed by atoms with Crippen LogP contribution in [0, 0.1) is 11.8 Å². The molecule has 0 bridgehead atoms. The van der Waals surface area contributed by atoms with Crippen molar-refractivity contribution in [2.24, 2.45) is 11.8 Å². The van der Waals surface area contributed by atoms with Crippen molar-refractivity contribution in [1.82, 2.24) is 0 Å². The van der Waals surface area contributed by atoms with Gasteiger partial charge in [-0.2, -0.15) is 0 Å². The van der Waals surface area contributed by atoms with Gasteiger partial charge in [0.15, 0.2) is 0 Å². The molecule has 0 spiro atoms. The maximum atomic E-state index is 13.7. The molecule has 1 heterocycles. The zero-order valence-corrected chi connectivity index (χ0v) is 14.6. The van der Waals surface area contributed by atoms with E-state index in [4.69, 9.17) is 9.05 Å². The monoisotopic (exact) mass is 326 g/mol. The van der Waals surface area contributed by atoms with Crippen molar-refractivity contribution < 1.29 is 13.6 Å². The van der Waals surface area contributed by atoms with Gasteiger partial charge in [0.05, 0.1) is 17.9 Å². The molecule has 22 heavy (non-hydrogen) atoms. The van der Waals surface area contributed by atoms with Gasteiger partial charge in [0.1, 0.15) is 0 Å². The van der Waals surface area contributed by atoms with Crippen LogP contribution in [-0.2, 0) is 13.6 Å². The predicted molar refractivity (Wildman–Crippen MR) is 88.1 cm³/mol. The van der Waals surface area contributed by atoms with Crippen LogP contribution in [0.5, 0.6) is 0 Å². The highest BCUT2D eigenvalue weighted by molar-refractivity contribution is 7.54. The van der Waals surface area contributed by atoms with Gasteiger partial charge in [-0.05, 0) is 50.4 Å². The summed E-state index contributed by atoms with van der Waals surface area (Å²) in [5.41, 5.74) is 0.211. The van der Waals surface area contributed by atoms with E-state index < -0.39 is 7.60 Å². The molecule has 0 amide bonds. The van der Waals surface area contributed by atoms with Crippen LogP contribution in [0.4, 0.5) is 0 Å². The van der Waals surface area contributed by atoms with Crippen LogP contribution < -0.4 is 0 Å². The van der Waals surface area contributed by atoms with Crippen molar-refractivity contribution in [2.45, 2.75) is 101 Å². The average molecular weight is 326 g/mol. The van der Waals surface area contributed by atoms with E-state index in [1.54, 1.807) is 0 Å². The van der Waals surface area contributed by atoms with E-state index in [1.165, 1.54) is 57.8 Å². The average Bonchev–Trinajstić information content (AvgIpc) is 2.56. The van der Waals surface area contributed by atoms with Crippen molar-refractivity contribution in [3.05, 3.63) is 0 Å². The second kappa shape index (κ2) is 6.57. The fourth-order valence-corrected chi connectivity index (χ4v) is 8.49. The van der Waals surface area contributed by atoms with Crippen LogP contribution >= 0.6 is 7.60 Å². The SMILES string of the molecule is O=P1(OC2CCCCC2)OC2CCCCC2C2CCCCC21. The Hall–Kier alpha value is 0.150. The van der Waals surface area contributed by atoms with E-state index in [0.717, 1.165) is 25.7 Å². The molecular formula is C18H31O3P. The van der Waals surface area contributed by atoms with E-state index in [0.29, 0.717) is 11.8 Å². The molecule has 0 aromatic heterocycles. The third-order valence-electron chi connectivity index (χ3n) is 6.62.